The van der Waals surface area contributed by atoms with E-state index in [0.29, 0.717) is 13.2 Å². The van der Waals surface area contributed by atoms with E-state index < -0.39 is 15.4 Å². The smallest absolute Gasteiger partial charge is 0.209 e. The van der Waals surface area contributed by atoms with Crippen molar-refractivity contribution in [3.05, 3.63) is 34.3 Å². The van der Waals surface area contributed by atoms with E-state index >= 15 is 0 Å². The minimum Gasteiger partial charge on any atom is -0.376 e. The second kappa shape index (κ2) is 6.14. The molecule has 1 aromatic rings. The molecule has 0 aliphatic carbocycles. The van der Waals surface area contributed by atoms with Crippen LogP contribution in [0, 0.1) is 5.41 Å². The van der Waals surface area contributed by atoms with Crippen molar-refractivity contribution in [1.82, 2.24) is 0 Å². The van der Waals surface area contributed by atoms with Crippen LogP contribution in [0.2, 0.25) is 0 Å². The van der Waals surface area contributed by atoms with E-state index in [9.17, 15) is 8.42 Å². The Hall–Kier alpha value is -0.430. The van der Waals surface area contributed by atoms with E-state index in [1.54, 1.807) is 0 Å². The van der Waals surface area contributed by atoms with Crippen molar-refractivity contribution in [2.24, 2.45) is 10.6 Å². The summed E-state index contributed by atoms with van der Waals surface area (Å²) in [6, 6.07) is 7.75. The predicted octanol–water partition coefficient (Wildman–Crippen LogP) is 2.28. The number of benzene rings is 1. The topological polar surface area (TPSA) is 69.4 Å². The number of hydrogen-bond donors (Lipinski definition) is 1. The third kappa shape index (κ3) is 5.95. The molecule has 1 rings (SSSR count). The molecule has 0 radical (unpaired) electrons. The molecule has 0 spiro atoms. The van der Waals surface area contributed by atoms with Crippen molar-refractivity contribution < 1.29 is 13.2 Å². The molecule has 102 valence electrons. The highest BCUT2D eigenvalue weighted by Gasteiger charge is 2.24. The van der Waals surface area contributed by atoms with Gasteiger partial charge in [0.1, 0.15) is 0 Å². The van der Waals surface area contributed by atoms with E-state index in [2.05, 4.69) is 15.9 Å². The molecule has 0 saturated heterocycles. The molecule has 0 aliphatic rings. The lowest BCUT2D eigenvalue weighted by Gasteiger charge is -2.23. The van der Waals surface area contributed by atoms with Crippen molar-refractivity contribution in [3.8, 4) is 0 Å². The van der Waals surface area contributed by atoms with Crippen molar-refractivity contribution >= 4 is 26.0 Å². The average molecular weight is 336 g/mol. The van der Waals surface area contributed by atoms with Gasteiger partial charge in [0, 0.05) is 9.89 Å². The molecule has 0 fully saturated rings. The molecule has 0 heterocycles. The standard InChI is InChI=1S/C12H18BrNO3S/c1-12(2,9-18(14,15)16)8-17-7-10-5-3-4-6-11(10)13/h3-6H,7-9H2,1-2H3,(H2,14,15,16). The number of ether oxygens (including phenoxy) is 1. The molecule has 0 aromatic heterocycles. The monoisotopic (exact) mass is 335 g/mol. The molecule has 4 nitrogen and oxygen atoms in total. The largest absolute Gasteiger partial charge is 0.376 e. The first kappa shape index (κ1) is 15.6. The molecule has 0 bridgehead atoms. The molecule has 0 amide bonds. The summed E-state index contributed by atoms with van der Waals surface area (Å²) in [6.45, 7) is 4.41. The SMILES string of the molecule is CC(C)(COCc1ccccc1Br)CS(N)(=O)=O. The van der Waals surface area contributed by atoms with Crippen LogP contribution in [0.15, 0.2) is 28.7 Å². The fourth-order valence-corrected chi connectivity index (χ4v) is 3.21. The van der Waals surface area contributed by atoms with Crippen LogP contribution in [0.5, 0.6) is 0 Å². The Morgan fingerprint density at radius 3 is 2.50 bits per heavy atom. The van der Waals surface area contributed by atoms with Crippen LogP contribution in [0.1, 0.15) is 19.4 Å². The quantitative estimate of drug-likeness (QED) is 0.866. The Kier molecular flexibility index (Phi) is 5.33. The summed E-state index contributed by atoms with van der Waals surface area (Å²) in [7, 11) is -3.47. The summed E-state index contributed by atoms with van der Waals surface area (Å²) in [5, 5.41) is 5.04. The van der Waals surface area contributed by atoms with Crippen molar-refractivity contribution in [2.45, 2.75) is 20.5 Å². The molecule has 0 saturated carbocycles. The number of rotatable bonds is 6. The molecular weight excluding hydrogens is 318 g/mol. The van der Waals surface area contributed by atoms with Gasteiger partial charge in [-0.05, 0) is 11.6 Å². The fourth-order valence-electron chi connectivity index (χ4n) is 1.64. The molecule has 1 aromatic carbocycles. The normalized spacial score (nSPS) is 12.7. The van der Waals surface area contributed by atoms with Crippen LogP contribution in [-0.2, 0) is 21.4 Å². The van der Waals surface area contributed by atoms with Crippen molar-refractivity contribution in [3.63, 3.8) is 0 Å². The Labute approximate surface area is 117 Å². The summed E-state index contributed by atoms with van der Waals surface area (Å²) < 4.78 is 28.6. The van der Waals surface area contributed by atoms with Crippen LogP contribution in [0.3, 0.4) is 0 Å². The molecule has 6 heteroatoms. The van der Waals surface area contributed by atoms with Crippen LogP contribution in [-0.4, -0.2) is 20.8 Å². The Morgan fingerprint density at radius 1 is 1.33 bits per heavy atom. The van der Waals surface area contributed by atoms with Gasteiger partial charge in [-0.3, -0.25) is 0 Å². The second-order valence-corrected chi connectivity index (χ2v) is 7.52. The summed E-state index contributed by atoms with van der Waals surface area (Å²) in [6.07, 6.45) is 0. The molecular formula is C12H18BrNO3S. The summed E-state index contributed by atoms with van der Waals surface area (Å²) in [5.41, 5.74) is 0.540. The average Bonchev–Trinajstić information content (AvgIpc) is 2.17. The molecule has 0 aliphatic heterocycles. The van der Waals surface area contributed by atoms with Gasteiger partial charge < -0.3 is 4.74 Å². The zero-order chi connectivity index (χ0) is 13.8. The van der Waals surface area contributed by atoms with Gasteiger partial charge >= 0.3 is 0 Å². The second-order valence-electron chi connectivity index (χ2n) is 5.06. The molecule has 0 unspecified atom stereocenters. The first-order valence-corrected chi connectivity index (χ1v) is 8.02. The highest BCUT2D eigenvalue weighted by Crippen LogP contribution is 2.20. The highest BCUT2D eigenvalue weighted by molar-refractivity contribution is 9.10. The third-order valence-corrected chi connectivity index (χ3v) is 4.26. The lowest BCUT2D eigenvalue weighted by molar-refractivity contribution is 0.0609. The number of sulfonamides is 1. The maximum absolute atomic E-state index is 11.0. The fraction of sp³-hybridized carbons (Fsp3) is 0.500. The maximum Gasteiger partial charge on any atom is 0.209 e. The van der Waals surface area contributed by atoms with Crippen molar-refractivity contribution in [1.29, 1.82) is 0 Å². The van der Waals surface area contributed by atoms with Crippen LogP contribution in [0.4, 0.5) is 0 Å². The summed E-state index contributed by atoms with van der Waals surface area (Å²) in [4.78, 5) is 0. The van der Waals surface area contributed by atoms with Gasteiger partial charge in [-0.2, -0.15) is 0 Å². The van der Waals surface area contributed by atoms with Gasteiger partial charge in [0.15, 0.2) is 0 Å². The zero-order valence-corrected chi connectivity index (χ0v) is 12.9. The Balaban J connectivity index is 2.49. The van der Waals surface area contributed by atoms with Gasteiger partial charge in [0.2, 0.25) is 10.0 Å². The van der Waals surface area contributed by atoms with Gasteiger partial charge in [0.25, 0.3) is 0 Å². The van der Waals surface area contributed by atoms with Gasteiger partial charge in [-0.1, -0.05) is 48.0 Å². The summed E-state index contributed by atoms with van der Waals surface area (Å²) >= 11 is 3.43. The molecule has 2 N–H and O–H groups in total. The molecule has 0 atom stereocenters. The van der Waals surface area contributed by atoms with E-state index in [1.165, 1.54) is 0 Å². The first-order chi connectivity index (χ1) is 8.20. The number of primary sulfonamides is 1. The van der Waals surface area contributed by atoms with E-state index in [4.69, 9.17) is 9.88 Å². The lowest BCUT2D eigenvalue weighted by atomic mass is 9.98. The van der Waals surface area contributed by atoms with Gasteiger partial charge in [-0.15, -0.1) is 0 Å². The van der Waals surface area contributed by atoms with Gasteiger partial charge in [-0.25, -0.2) is 13.6 Å². The Morgan fingerprint density at radius 2 is 1.94 bits per heavy atom. The van der Waals surface area contributed by atoms with Crippen LogP contribution in [0.25, 0.3) is 0 Å². The zero-order valence-electron chi connectivity index (χ0n) is 10.5. The number of halogens is 1. The van der Waals surface area contributed by atoms with Crippen LogP contribution < -0.4 is 5.14 Å². The summed E-state index contributed by atoms with van der Waals surface area (Å²) in [5.74, 6) is -0.0873. The predicted molar refractivity (Wildman–Crippen MR) is 75.6 cm³/mol. The molecule has 18 heavy (non-hydrogen) atoms. The van der Waals surface area contributed by atoms with Crippen LogP contribution >= 0.6 is 15.9 Å². The highest BCUT2D eigenvalue weighted by atomic mass is 79.9. The van der Waals surface area contributed by atoms with E-state index in [1.807, 2.05) is 38.1 Å². The Bertz CT molecular complexity index is 500. The first-order valence-electron chi connectivity index (χ1n) is 5.51. The minimum atomic E-state index is -3.47. The van der Waals surface area contributed by atoms with Crippen molar-refractivity contribution in [2.75, 3.05) is 12.4 Å². The maximum atomic E-state index is 11.0. The van der Waals surface area contributed by atoms with Gasteiger partial charge in [0.05, 0.1) is 19.0 Å². The van der Waals surface area contributed by atoms with E-state index in [-0.39, 0.29) is 5.75 Å². The number of hydrogen-bond acceptors (Lipinski definition) is 3. The number of nitrogens with two attached hydrogens (primary N) is 1. The van der Waals surface area contributed by atoms with E-state index in [0.717, 1.165) is 10.0 Å². The lowest BCUT2D eigenvalue weighted by Crippen LogP contribution is -2.32. The third-order valence-electron chi connectivity index (χ3n) is 2.30. The minimum absolute atomic E-state index is 0.0873.